The molecule has 1 amide bonds. The van der Waals surface area contributed by atoms with Crippen LogP contribution in [0.25, 0.3) is 10.9 Å². The molecule has 2 aromatic rings. The van der Waals surface area contributed by atoms with Gasteiger partial charge in [0.1, 0.15) is 0 Å². The third-order valence-corrected chi connectivity index (χ3v) is 2.81. The van der Waals surface area contributed by atoms with Crippen molar-refractivity contribution in [1.29, 1.82) is 0 Å². The van der Waals surface area contributed by atoms with Crippen LogP contribution in [-0.4, -0.2) is 46.9 Å². The number of para-hydroxylation sites is 1. The Morgan fingerprint density at radius 2 is 2.06 bits per heavy atom. The smallest absolute Gasteiger partial charge is 0.294 e. The molecule has 0 radical (unpaired) electrons. The summed E-state index contributed by atoms with van der Waals surface area (Å²) in [5.41, 5.74) is 1.18. The number of amides is 1. The molecule has 0 bridgehead atoms. The van der Waals surface area contributed by atoms with Gasteiger partial charge >= 0.3 is 0 Å². The van der Waals surface area contributed by atoms with E-state index in [0.29, 0.717) is 5.56 Å². The Labute approximate surface area is 104 Å². The first-order valence-electron chi connectivity index (χ1n) is 5.62. The molecule has 0 aliphatic rings. The predicted octanol–water partition coefficient (Wildman–Crippen LogP) is 0.801. The summed E-state index contributed by atoms with van der Waals surface area (Å²) < 4.78 is 0. The van der Waals surface area contributed by atoms with Crippen molar-refractivity contribution in [2.75, 3.05) is 20.2 Å². The van der Waals surface area contributed by atoms with E-state index >= 15 is 0 Å². The SMILES string of the molecule is CN(CCO)C(=O)C(=O)c1c[nH]c2ccccc12. The lowest BCUT2D eigenvalue weighted by Gasteiger charge is -2.13. The first-order valence-corrected chi connectivity index (χ1v) is 5.62. The van der Waals surface area contributed by atoms with Gasteiger partial charge in [0.2, 0.25) is 0 Å². The Morgan fingerprint density at radius 1 is 1.33 bits per heavy atom. The molecule has 0 saturated carbocycles. The van der Waals surface area contributed by atoms with Crippen LogP contribution in [-0.2, 0) is 4.79 Å². The van der Waals surface area contributed by atoms with E-state index in [0.717, 1.165) is 10.9 Å². The monoisotopic (exact) mass is 246 g/mol. The van der Waals surface area contributed by atoms with Crippen LogP contribution >= 0.6 is 0 Å². The molecule has 0 aliphatic heterocycles. The van der Waals surface area contributed by atoms with Crippen molar-refractivity contribution < 1.29 is 14.7 Å². The molecular formula is C13H14N2O3. The second kappa shape index (κ2) is 5.01. The number of fused-ring (bicyclic) bond motifs is 1. The van der Waals surface area contributed by atoms with Gasteiger partial charge in [-0.05, 0) is 6.07 Å². The summed E-state index contributed by atoms with van der Waals surface area (Å²) in [7, 11) is 1.49. The fourth-order valence-corrected chi connectivity index (χ4v) is 1.80. The van der Waals surface area contributed by atoms with Crippen molar-refractivity contribution in [2.24, 2.45) is 0 Å². The second-order valence-corrected chi connectivity index (χ2v) is 4.03. The van der Waals surface area contributed by atoms with Crippen molar-refractivity contribution in [3.05, 3.63) is 36.0 Å². The number of H-pyrrole nitrogens is 1. The van der Waals surface area contributed by atoms with E-state index in [1.807, 2.05) is 18.2 Å². The number of nitrogens with one attached hydrogen (secondary N) is 1. The van der Waals surface area contributed by atoms with Crippen molar-refractivity contribution in [3.8, 4) is 0 Å². The average Bonchev–Trinajstić information content (AvgIpc) is 2.81. The Balaban J connectivity index is 2.31. The van der Waals surface area contributed by atoms with Crippen molar-refractivity contribution in [1.82, 2.24) is 9.88 Å². The number of carbonyl (C=O) groups excluding carboxylic acids is 2. The van der Waals surface area contributed by atoms with Gasteiger partial charge in [0, 0.05) is 30.7 Å². The van der Waals surface area contributed by atoms with Crippen LogP contribution in [0.3, 0.4) is 0 Å². The summed E-state index contributed by atoms with van der Waals surface area (Å²) in [5, 5.41) is 9.49. The van der Waals surface area contributed by atoms with Gasteiger partial charge < -0.3 is 15.0 Å². The first kappa shape index (κ1) is 12.3. The third kappa shape index (κ3) is 2.12. The highest BCUT2D eigenvalue weighted by Gasteiger charge is 2.22. The minimum Gasteiger partial charge on any atom is -0.395 e. The van der Waals surface area contributed by atoms with Crippen molar-refractivity contribution in [3.63, 3.8) is 0 Å². The van der Waals surface area contributed by atoms with E-state index < -0.39 is 11.7 Å². The molecular weight excluding hydrogens is 232 g/mol. The number of aliphatic hydroxyl groups excluding tert-OH is 1. The number of carbonyl (C=O) groups is 2. The molecule has 5 heteroatoms. The highest BCUT2D eigenvalue weighted by atomic mass is 16.3. The molecule has 18 heavy (non-hydrogen) atoms. The first-order chi connectivity index (χ1) is 8.65. The lowest BCUT2D eigenvalue weighted by molar-refractivity contribution is -0.125. The van der Waals surface area contributed by atoms with E-state index in [9.17, 15) is 9.59 Å². The van der Waals surface area contributed by atoms with Gasteiger partial charge in [-0.25, -0.2) is 0 Å². The largest absolute Gasteiger partial charge is 0.395 e. The maximum Gasteiger partial charge on any atom is 0.294 e. The van der Waals surface area contributed by atoms with E-state index in [1.54, 1.807) is 6.07 Å². The van der Waals surface area contributed by atoms with Gasteiger partial charge in [0.25, 0.3) is 11.7 Å². The molecule has 2 N–H and O–H groups in total. The highest BCUT2D eigenvalue weighted by Crippen LogP contribution is 2.18. The standard InChI is InChI=1S/C13H14N2O3/c1-15(6-7-16)13(18)12(17)10-8-14-11-5-3-2-4-9(10)11/h2-5,8,14,16H,6-7H2,1H3. The second-order valence-electron chi connectivity index (χ2n) is 4.03. The van der Waals surface area contributed by atoms with Gasteiger partial charge in [-0.3, -0.25) is 9.59 Å². The minimum absolute atomic E-state index is 0.146. The molecule has 2 rings (SSSR count). The third-order valence-electron chi connectivity index (χ3n) is 2.81. The number of aromatic nitrogens is 1. The fourth-order valence-electron chi connectivity index (χ4n) is 1.80. The molecule has 0 atom stereocenters. The van der Waals surface area contributed by atoms with Crippen LogP contribution in [0.2, 0.25) is 0 Å². The topological polar surface area (TPSA) is 73.4 Å². The lowest BCUT2D eigenvalue weighted by Crippen LogP contribution is -2.35. The summed E-state index contributed by atoms with van der Waals surface area (Å²) in [5.74, 6) is -1.18. The number of aliphatic hydroxyl groups is 1. The van der Waals surface area contributed by atoms with E-state index in [2.05, 4.69) is 4.98 Å². The van der Waals surface area contributed by atoms with Gasteiger partial charge in [0.15, 0.2) is 0 Å². The molecule has 1 aromatic heterocycles. The predicted molar refractivity (Wildman–Crippen MR) is 67.4 cm³/mol. The number of rotatable bonds is 4. The number of likely N-dealkylation sites (N-methyl/N-ethyl adjacent to an activating group) is 1. The van der Waals surface area contributed by atoms with E-state index in [1.165, 1.54) is 18.1 Å². The molecule has 5 nitrogen and oxygen atoms in total. The Kier molecular flexibility index (Phi) is 3.43. The quantitative estimate of drug-likeness (QED) is 0.619. The van der Waals surface area contributed by atoms with Crippen LogP contribution in [0.5, 0.6) is 0 Å². The van der Waals surface area contributed by atoms with Crippen LogP contribution in [0.4, 0.5) is 0 Å². The number of Topliss-reactive ketones (excluding diaryl/α,β-unsaturated/α-hetero) is 1. The molecule has 0 spiro atoms. The molecule has 0 fully saturated rings. The summed E-state index contributed by atoms with van der Waals surface area (Å²) >= 11 is 0. The molecule has 0 saturated heterocycles. The molecule has 0 aliphatic carbocycles. The number of hydrogen-bond donors (Lipinski definition) is 2. The zero-order valence-corrected chi connectivity index (χ0v) is 10.0. The fraction of sp³-hybridized carbons (Fsp3) is 0.231. The summed E-state index contributed by atoms with van der Waals surface area (Å²) in [4.78, 5) is 28.0. The van der Waals surface area contributed by atoms with Gasteiger partial charge in [-0.15, -0.1) is 0 Å². The minimum atomic E-state index is -0.617. The molecule has 1 aromatic carbocycles. The number of ketones is 1. The Bertz CT molecular complexity index is 589. The number of hydrogen-bond acceptors (Lipinski definition) is 3. The highest BCUT2D eigenvalue weighted by molar-refractivity contribution is 6.44. The average molecular weight is 246 g/mol. The lowest BCUT2D eigenvalue weighted by atomic mass is 10.1. The zero-order valence-electron chi connectivity index (χ0n) is 10.0. The van der Waals surface area contributed by atoms with Crippen LogP contribution in [0.15, 0.2) is 30.5 Å². The molecule has 1 heterocycles. The zero-order chi connectivity index (χ0) is 13.1. The van der Waals surface area contributed by atoms with Gasteiger partial charge in [-0.1, -0.05) is 18.2 Å². The van der Waals surface area contributed by atoms with Gasteiger partial charge in [0.05, 0.1) is 12.2 Å². The maximum atomic E-state index is 12.0. The summed E-state index contributed by atoms with van der Waals surface area (Å²) in [6.45, 7) is -0.0175. The van der Waals surface area contributed by atoms with E-state index in [-0.39, 0.29) is 13.2 Å². The molecule has 94 valence electrons. The summed E-state index contributed by atoms with van der Waals surface area (Å²) in [6.07, 6.45) is 1.54. The van der Waals surface area contributed by atoms with Crippen LogP contribution in [0, 0.1) is 0 Å². The van der Waals surface area contributed by atoms with Crippen molar-refractivity contribution in [2.45, 2.75) is 0 Å². The normalized spacial score (nSPS) is 10.6. The number of aromatic amines is 1. The summed E-state index contributed by atoms with van der Waals surface area (Å²) in [6, 6.07) is 7.30. The van der Waals surface area contributed by atoms with E-state index in [4.69, 9.17) is 5.11 Å². The maximum absolute atomic E-state index is 12.0. The van der Waals surface area contributed by atoms with Crippen LogP contribution < -0.4 is 0 Å². The Morgan fingerprint density at radius 3 is 2.78 bits per heavy atom. The van der Waals surface area contributed by atoms with Crippen LogP contribution in [0.1, 0.15) is 10.4 Å². The number of nitrogens with zero attached hydrogens (tertiary/aromatic N) is 1. The Hall–Kier alpha value is -2.14. The van der Waals surface area contributed by atoms with Crippen molar-refractivity contribution >= 4 is 22.6 Å². The molecule has 0 unspecified atom stereocenters. The number of benzene rings is 1. The van der Waals surface area contributed by atoms with Gasteiger partial charge in [-0.2, -0.15) is 0 Å².